The number of nitrogens with one attached hydrogen (secondary N) is 3. The monoisotopic (exact) mass is 301 g/mol. The Labute approximate surface area is 128 Å². The molecule has 0 aromatic heterocycles. The van der Waals surface area contributed by atoms with Crippen molar-refractivity contribution in [3.8, 4) is 0 Å². The van der Waals surface area contributed by atoms with Crippen LogP contribution < -0.4 is 16.2 Å². The Hall–Kier alpha value is -2.60. The molecule has 0 aliphatic heterocycles. The van der Waals surface area contributed by atoms with Crippen molar-refractivity contribution >= 4 is 34.7 Å². The molecule has 0 unspecified atom stereocenters. The highest BCUT2D eigenvalue weighted by molar-refractivity contribution is 7.80. The number of methoxy groups -OCH3 is 1. The number of hydrogen-bond acceptors (Lipinski definition) is 4. The molecule has 0 heterocycles. The lowest BCUT2D eigenvalue weighted by Crippen LogP contribution is -2.33. The van der Waals surface area contributed by atoms with Gasteiger partial charge in [-0.2, -0.15) is 0 Å². The molecule has 0 bridgehead atoms. The van der Waals surface area contributed by atoms with E-state index in [0.717, 1.165) is 11.4 Å². The average molecular weight is 301 g/mol. The molecule has 6 heteroatoms. The maximum Gasteiger partial charge on any atom is 0.337 e. The molecular weight excluding hydrogens is 286 g/mol. The summed E-state index contributed by atoms with van der Waals surface area (Å²) in [5, 5.41) is 3.42. The molecule has 0 spiro atoms. The zero-order valence-corrected chi connectivity index (χ0v) is 12.2. The van der Waals surface area contributed by atoms with Crippen molar-refractivity contribution in [2.45, 2.75) is 0 Å². The smallest absolute Gasteiger partial charge is 0.337 e. The summed E-state index contributed by atoms with van der Waals surface area (Å²) in [6, 6.07) is 16.5. The van der Waals surface area contributed by atoms with Gasteiger partial charge < -0.3 is 10.1 Å². The van der Waals surface area contributed by atoms with Crippen molar-refractivity contribution in [1.29, 1.82) is 0 Å². The fraction of sp³-hybridized carbons (Fsp3) is 0.0667. The van der Waals surface area contributed by atoms with Gasteiger partial charge in [-0.3, -0.25) is 10.9 Å². The van der Waals surface area contributed by atoms with Crippen molar-refractivity contribution in [1.82, 2.24) is 5.43 Å². The lowest BCUT2D eigenvalue weighted by molar-refractivity contribution is 0.0601. The van der Waals surface area contributed by atoms with Crippen LogP contribution in [0, 0.1) is 0 Å². The first-order valence-corrected chi connectivity index (χ1v) is 6.66. The molecule has 2 aromatic carbocycles. The summed E-state index contributed by atoms with van der Waals surface area (Å²) >= 11 is 5.17. The molecule has 3 N–H and O–H groups in total. The van der Waals surface area contributed by atoms with Gasteiger partial charge in [-0.1, -0.05) is 18.2 Å². The van der Waals surface area contributed by atoms with Gasteiger partial charge in [-0.25, -0.2) is 4.79 Å². The number of carbonyl (C=O) groups excluding carboxylic acids is 1. The minimum Gasteiger partial charge on any atom is -0.465 e. The van der Waals surface area contributed by atoms with Crippen LogP contribution in [0.4, 0.5) is 11.4 Å². The highest BCUT2D eigenvalue weighted by atomic mass is 32.1. The number of rotatable bonds is 4. The van der Waals surface area contributed by atoms with E-state index in [0.29, 0.717) is 10.7 Å². The summed E-state index contributed by atoms with van der Waals surface area (Å²) < 4.78 is 4.64. The number of ether oxygens (including phenoxy) is 1. The third-order valence-corrected chi connectivity index (χ3v) is 2.86. The quantitative estimate of drug-likeness (QED) is 0.458. The molecule has 0 saturated heterocycles. The van der Waals surface area contributed by atoms with Crippen LogP contribution in [0.5, 0.6) is 0 Å². The average Bonchev–Trinajstić information content (AvgIpc) is 2.54. The maximum absolute atomic E-state index is 11.3. The van der Waals surface area contributed by atoms with Crippen molar-refractivity contribution in [3.63, 3.8) is 0 Å². The van der Waals surface area contributed by atoms with E-state index in [-0.39, 0.29) is 5.97 Å². The molecule has 0 aliphatic rings. The summed E-state index contributed by atoms with van der Waals surface area (Å²) in [7, 11) is 1.35. The van der Waals surface area contributed by atoms with E-state index in [9.17, 15) is 4.79 Å². The maximum atomic E-state index is 11.3. The molecule has 0 fully saturated rings. The van der Waals surface area contributed by atoms with Gasteiger partial charge in [0.1, 0.15) is 0 Å². The molecule has 2 rings (SSSR count). The number of anilines is 2. The van der Waals surface area contributed by atoms with Crippen molar-refractivity contribution in [2.75, 3.05) is 17.9 Å². The van der Waals surface area contributed by atoms with Gasteiger partial charge >= 0.3 is 5.97 Å². The molecule has 0 saturated carbocycles. The Morgan fingerprint density at radius 1 is 1.00 bits per heavy atom. The van der Waals surface area contributed by atoms with E-state index >= 15 is 0 Å². The second-order valence-electron chi connectivity index (χ2n) is 4.14. The van der Waals surface area contributed by atoms with E-state index in [1.807, 2.05) is 30.3 Å². The Morgan fingerprint density at radius 3 is 2.29 bits per heavy atom. The lowest BCUT2D eigenvalue weighted by Gasteiger charge is -2.12. The van der Waals surface area contributed by atoms with Crippen LogP contribution in [0.25, 0.3) is 0 Å². The third kappa shape index (κ3) is 4.47. The van der Waals surface area contributed by atoms with Crippen molar-refractivity contribution in [3.05, 3.63) is 60.2 Å². The molecule has 21 heavy (non-hydrogen) atoms. The standard InChI is InChI=1S/C15H15N3O2S/c1-20-14(19)11-7-9-12(10-8-11)16-15(21)18-17-13-5-3-2-4-6-13/h2-10,17H,1H3,(H2,16,18,21). The van der Waals surface area contributed by atoms with E-state index in [1.165, 1.54) is 7.11 Å². The zero-order chi connectivity index (χ0) is 15.1. The van der Waals surface area contributed by atoms with E-state index in [2.05, 4.69) is 20.9 Å². The molecule has 0 amide bonds. The van der Waals surface area contributed by atoms with Crippen LogP contribution in [-0.4, -0.2) is 18.2 Å². The zero-order valence-electron chi connectivity index (χ0n) is 11.4. The van der Waals surface area contributed by atoms with Gasteiger partial charge in [0.05, 0.1) is 18.4 Å². The van der Waals surface area contributed by atoms with Crippen LogP contribution in [0.15, 0.2) is 54.6 Å². The Kier molecular flexibility index (Phi) is 5.11. The van der Waals surface area contributed by atoms with E-state index in [1.54, 1.807) is 24.3 Å². The Morgan fingerprint density at radius 2 is 1.67 bits per heavy atom. The van der Waals surface area contributed by atoms with Crippen LogP contribution in [0.3, 0.4) is 0 Å². The fourth-order valence-electron chi connectivity index (χ4n) is 1.62. The molecule has 2 aromatic rings. The number of thiocarbonyl (C=S) groups is 1. The molecule has 0 radical (unpaired) electrons. The summed E-state index contributed by atoms with van der Waals surface area (Å²) in [4.78, 5) is 11.3. The number of carbonyl (C=O) groups is 1. The summed E-state index contributed by atoms with van der Waals surface area (Å²) in [5.41, 5.74) is 8.02. The third-order valence-electron chi connectivity index (χ3n) is 2.66. The minimum absolute atomic E-state index is 0.368. The van der Waals surface area contributed by atoms with Gasteiger partial charge in [0, 0.05) is 5.69 Å². The highest BCUT2D eigenvalue weighted by Gasteiger charge is 2.04. The first-order valence-electron chi connectivity index (χ1n) is 6.25. The van der Waals surface area contributed by atoms with E-state index < -0.39 is 0 Å². The molecule has 5 nitrogen and oxygen atoms in total. The summed E-state index contributed by atoms with van der Waals surface area (Å²) in [6.45, 7) is 0. The van der Waals surface area contributed by atoms with Crippen LogP contribution in [-0.2, 0) is 4.74 Å². The van der Waals surface area contributed by atoms with Crippen molar-refractivity contribution < 1.29 is 9.53 Å². The second kappa shape index (κ2) is 7.25. The molecule has 108 valence electrons. The van der Waals surface area contributed by atoms with Crippen LogP contribution in [0.1, 0.15) is 10.4 Å². The fourth-order valence-corrected chi connectivity index (χ4v) is 1.79. The first-order chi connectivity index (χ1) is 10.2. The van der Waals surface area contributed by atoms with Gasteiger partial charge in [-0.15, -0.1) is 0 Å². The molecular formula is C15H15N3O2S. The predicted molar refractivity (Wildman–Crippen MR) is 87.2 cm³/mol. The molecule has 0 atom stereocenters. The summed E-state index contributed by atoms with van der Waals surface area (Å²) in [6.07, 6.45) is 0. The second-order valence-corrected chi connectivity index (χ2v) is 4.55. The van der Waals surface area contributed by atoms with E-state index in [4.69, 9.17) is 12.2 Å². The Bertz CT molecular complexity index is 615. The van der Waals surface area contributed by atoms with Crippen LogP contribution >= 0.6 is 12.2 Å². The Balaban J connectivity index is 1.86. The summed E-state index contributed by atoms with van der Waals surface area (Å²) in [5.74, 6) is -0.368. The number of esters is 1. The van der Waals surface area contributed by atoms with Gasteiger partial charge in [0.2, 0.25) is 0 Å². The van der Waals surface area contributed by atoms with Crippen molar-refractivity contribution in [2.24, 2.45) is 0 Å². The minimum atomic E-state index is -0.368. The SMILES string of the molecule is COC(=O)c1ccc(NC(=S)NNc2ccccc2)cc1. The topological polar surface area (TPSA) is 62.4 Å². The first kappa shape index (κ1) is 14.8. The predicted octanol–water partition coefficient (Wildman–Crippen LogP) is 2.79. The largest absolute Gasteiger partial charge is 0.465 e. The normalized spacial score (nSPS) is 9.57. The van der Waals surface area contributed by atoms with Gasteiger partial charge in [0.15, 0.2) is 5.11 Å². The van der Waals surface area contributed by atoms with Gasteiger partial charge in [0.25, 0.3) is 0 Å². The number of para-hydroxylation sites is 1. The van der Waals surface area contributed by atoms with Gasteiger partial charge in [-0.05, 0) is 48.6 Å². The highest BCUT2D eigenvalue weighted by Crippen LogP contribution is 2.10. The number of hydrogen-bond donors (Lipinski definition) is 3. The number of hydrazine groups is 1. The molecule has 0 aliphatic carbocycles. The van der Waals surface area contributed by atoms with Crippen LogP contribution in [0.2, 0.25) is 0 Å². The lowest BCUT2D eigenvalue weighted by atomic mass is 10.2. The number of benzene rings is 2.